The van der Waals surface area contributed by atoms with Gasteiger partial charge in [-0.25, -0.2) is 5.43 Å². The van der Waals surface area contributed by atoms with Gasteiger partial charge in [-0.05, 0) is 35.4 Å². The topological polar surface area (TPSA) is 105 Å². The first kappa shape index (κ1) is 20.8. The van der Waals surface area contributed by atoms with E-state index in [-0.39, 0.29) is 17.2 Å². The van der Waals surface area contributed by atoms with E-state index in [1.54, 1.807) is 32.6 Å². The number of nitrogens with one attached hydrogen (secondary N) is 2. The van der Waals surface area contributed by atoms with E-state index in [4.69, 9.17) is 9.47 Å². The van der Waals surface area contributed by atoms with E-state index < -0.39 is 0 Å². The molecule has 0 bridgehead atoms. The van der Waals surface area contributed by atoms with Gasteiger partial charge in [-0.15, -0.1) is 10.2 Å². The minimum atomic E-state index is -0.340. The third-order valence-corrected chi connectivity index (χ3v) is 4.38. The molecule has 9 heteroatoms. The third-order valence-electron chi connectivity index (χ3n) is 4.38. The first-order valence-electron chi connectivity index (χ1n) is 9.23. The highest BCUT2D eigenvalue weighted by Gasteiger charge is 2.09. The molecule has 0 radical (unpaired) electrons. The van der Waals surface area contributed by atoms with E-state index in [2.05, 4.69) is 25.7 Å². The Morgan fingerprint density at radius 3 is 2.43 bits per heavy atom. The van der Waals surface area contributed by atoms with Gasteiger partial charge in [-0.1, -0.05) is 18.2 Å². The Labute approximate surface area is 174 Å². The number of rotatable bonds is 8. The average molecular weight is 408 g/mol. The van der Waals surface area contributed by atoms with Crippen molar-refractivity contribution < 1.29 is 9.47 Å². The molecule has 1 aromatic heterocycles. The second-order valence-electron chi connectivity index (χ2n) is 6.67. The van der Waals surface area contributed by atoms with Crippen molar-refractivity contribution in [2.75, 3.05) is 38.6 Å². The van der Waals surface area contributed by atoms with Crippen LogP contribution < -0.4 is 25.4 Å². The van der Waals surface area contributed by atoms with Gasteiger partial charge in [0.1, 0.15) is 5.69 Å². The number of hydrogen-bond acceptors (Lipinski definition) is 8. The molecule has 9 nitrogen and oxygen atoms in total. The summed E-state index contributed by atoms with van der Waals surface area (Å²) < 4.78 is 10.5. The molecule has 156 valence electrons. The van der Waals surface area contributed by atoms with Gasteiger partial charge in [0, 0.05) is 26.2 Å². The van der Waals surface area contributed by atoms with Crippen LogP contribution in [0.2, 0.25) is 0 Å². The lowest BCUT2D eigenvalue weighted by Crippen LogP contribution is -2.18. The zero-order valence-electron chi connectivity index (χ0n) is 17.3. The van der Waals surface area contributed by atoms with Gasteiger partial charge in [0.05, 0.1) is 20.4 Å². The molecule has 0 fully saturated rings. The molecule has 30 heavy (non-hydrogen) atoms. The maximum absolute atomic E-state index is 12.3. The van der Waals surface area contributed by atoms with E-state index in [0.717, 1.165) is 16.8 Å². The van der Waals surface area contributed by atoms with E-state index in [1.165, 1.54) is 0 Å². The van der Waals surface area contributed by atoms with Crippen LogP contribution >= 0.6 is 0 Å². The van der Waals surface area contributed by atoms with Crippen LogP contribution in [0.4, 0.5) is 11.6 Å². The number of ether oxygens (including phenoxy) is 2. The molecule has 0 saturated carbocycles. The predicted molar refractivity (Wildman–Crippen MR) is 117 cm³/mol. The van der Waals surface area contributed by atoms with E-state index in [0.29, 0.717) is 17.9 Å². The lowest BCUT2D eigenvalue weighted by Gasteiger charge is -2.11. The lowest BCUT2D eigenvalue weighted by atomic mass is 10.1. The summed E-state index contributed by atoms with van der Waals surface area (Å²) in [7, 11) is 7.09. The number of hydrazone groups is 1. The van der Waals surface area contributed by atoms with Gasteiger partial charge in [0.15, 0.2) is 11.5 Å². The first-order chi connectivity index (χ1) is 14.5. The number of aromatic amines is 1. The van der Waals surface area contributed by atoms with Crippen LogP contribution in [0.15, 0.2) is 52.4 Å². The van der Waals surface area contributed by atoms with Gasteiger partial charge in [-0.2, -0.15) is 5.10 Å². The molecule has 1 heterocycles. The number of hydrogen-bond donors (Lipinski definition) is 2. The van der Waals surface area contributed by atoms with Crippen molar-refractivity contribution in [3.63, 3.8) is 0 Å². The Kier molecular flexibility index (Phi) is 6.63. The highest BCUT2D eigenvalue weighted by molar-refractivity contribution is 5.80. The third kappa shape index (κ3) is 5.13. The Morgan fingerprint density at radius 1 is 1.07 bits per heavy atom. The minimum absolute atomic E-state index is 0.164. The number of H-pyrrole nitrogens is 1. The summed E-state index contributed by atoms with van der Waals surface area (Å²) in [5, 5.41) is 12.1. The van der Waals surface area contributed by atoms with E-state index in [1.807, 2.05) is 49.3 Å². The quantitative estimate of drug-likeness (QED) is 0.435. The maximum Gasteiger partial charge on any atom is 0.274 e. The lowest BCUT2D eigenvalue weighted by molar-refractivity contribution is 0.354. The molecular formula is C21H24N6O3. The van der Waals surface area contributed by atoms with Crippen LogP contribution in [0.5, 0.6) is 11.5 Å². The van der Waals surface area contributed by atoms with Crippen molar-refractivity contribution in [2.24, 2.45) is 5.10 Å². The number of benzene rings is 2. The van der Waals surface area contributed by atoms with Gasteiger partial charge < -0.3 is 14.4 Å². The summed E-state index contributed by atoms with van der Waals surface area (Å²) in [5.74, 6) is 1.37. The van der Waals surface area contributed by atoms with Crippen LogP contribution in [0.1, 0.15) is 16.8 Å². The highest BCUT2D eigenvalue weighted by Crippen LogP contribution is 2.28. The molecule has 0 unspecified atom stereocenters. The second-order valence-corrected chi connectivity index (χ2v) is 6.67. The molecule has 3 aromatic rings. The molecule has 0 atom stereocenters. The van der Waals surface area contributed by atoms with E-state index >= 15 is 0 Å². The van der Waals surface area contributed by atoms with Crippen LogP contribution in [0.3, 0.4) is 0 Å². The number of aromatic nitrogens is 3. The van der Waals surface area contributed by atoms with Crippen molar-refractivity contribution in [2.45, 2.75) is 6.42 Å². The minimum Gasteiger partial charge on any atom is -0.493 e. The SMILES string of the molecule is COc1ccc(Cc2nnc(N/N=C\c3ccc(N(C)C)cc3)[nH]c2=O)cc1OC. The summed E-state index contributed by atoms with van der Waals surface area (Å²) in [6, 6.07) is 13.3. The smallest absolute Gasteiger partial charge is 0.274 e. The summed E-state index contributed by atoms with van der Waals surface area (Å²) >= 11 is 0. The molecular weight excluding hydrogens is 384 g/mol. The van der Waals surface area contributed by atoms with E-state index in [9.17, 15) is 4.79 Å². The average Bonchev–Trinajstić information content (AvgIpc) is 2.75. The molecule has 2 N–H and O–H groups in total. The largest absolute Gasteiger partial charge is 0.493 e. The molecule has 2 aromatic carbocycles. The fraction of sp³-hybridized carbons (Fsp3) is 0.238. The predicted octanol–water partition coefficient (Wildman–Crippen LogP) is 2.28. The Hall–Kier alpha value is -3.88. The molecule has 3 rings (SSSR count). The molecule has 0 spiro atoms. The van der Waals surface area contributed by atoms with Crippen molar-refractivity contribution in [3.05, 3.63) is 69.6 Å². The van der Waals surface area contributed by atoms with Crippen molar-refractivity contribution >= 4 is 17.9 Å². The summed E-state index contributed by atoms with van der Waals surface area (Å²) in [4.78, 5) is 17.0. The molecule has 0 aliphatic carbocycles. The van der Waals surface area contributed by atoms with Gasteiger partial charge in [0.2, 0.25) is 5.95 Å². The standard InChI is InChI=1S/C21H24N6O3/c1-27(2)16-8-5-14(6-9-16)13-22-25-21-23-20(28)17(24-26-21)11-15-7-10-18(29-3)19(12-15)30-4/h5-10,12-13H,11H2,1-4H3,(H2,23,25,26,28)/b22-13-. The van der Waals surface area contributed by atoms with Gasteiger partial charge >= 0.3 is 0 Å². The van der Waals surface area contributed by atoms with Gasteiger partial charge in [-0.3, -0.25) is 9.78 Å². The van der Waals surface area contributed by atoms with Crippen LogP contribution in [-0.4, -0.2) is 49.7 Å². The molecule has 0 aliphatic rings. The maximum atomic E-state index is 12.3. The summed E-state index contributed by atoms with van der Waals surface area (Å²) in [6.07, 6.45) is 1.95. The van der Waals surface area contributed by atoms with Crippen LogP contribution in [0, 0.1) is 0 Å². The Bertz CT molecular complexity index is 1080. The highest BCUT2D eigenvalue weighted by atomic mass is 16.5. The monoisotopic (exact) mass is 408 g/mol. The first-order valence-corrected chi connectivity index (χ1v) is 9.23. The Morgan fingerprint density at radius 2 is 1.80 bits per heavy atom. The fourth-order valence-corrected chi connectivity index (χ4v) is 2.74. The fourth-order valence-electron chi connectivity index (χ4n) is 2.74. The van der Waals surface area contributed by atoms with Crippen molar-refractivity contribution in [3.8, 4) is 11.5 Å². The zero-order valence-corrected chi connectivity index (χ0v) is 17.3. The van der Waals surface area contributed by atoms with Crippen LogP contribution in [-0.2, 0) is 6.42 Å². The second kappa shape index (κ2) is 9.55. The molecule has 0 amide bonds. The summed E-state index contributed by atoms with van der Waals surface area (Å²) in [6.45, 7) is 0. The Balaban J connectivity index is 1.66. The van der Waals surface area contributed by atoms with Crippen LogP contribution in [0.25, 0.3) is 0 Å². The number of anilines is 2. The van der Waals surface area contributed by atoms with Crippen molar-refractivity contribution in [1.82, 2.24) is 15.2 Å². The number of nitrogens with zero attached hydrogens (tertiary/aromatic N) is 4. The van der Waals surface area contributed by atoms with Crippen molar-refractivity contribution in [1.29, 1.82) is 0 Å². The normalized spacial score (nSPS) is 10.8. The number of methoxy groups -OCH3 is 2. The molecule has 0 aliphatic heterocycles. The summed E-state index contributed by atoms with van der Waals surface area (Å²) in [5.41, 5.74) is 5.50. The zero-order chi connectivity index (χ0) is 21.5. The van der Waals surface area contributed by atoms with Gasteiger partial charge in [0.25, 0.3) is 5.56 Å². The molecule has 0 saturated heterocycles.